The molecule has 0 bridgehead atoms. The number of carbonyl (C=O) groups excluding carboxylic acids is 1. The third-order valence-corrected chi connectivity index (χ3v) is 5.34. The molecule has 2 heterocycles. The Kier molecular flexibility index (Phi) is 2.27. The average molecular weight is 282 g/mol. The van der Waals surface area contributed by atoms with Gasteiger partial charge in [-0.05, 0) is 24.7 Å². The zero-order chi connectivity index (χ0) is 13.0. The Morgan fingerprint density at radius 2 is 2.00 bits per heavy atom. The van der Waals surface area contributed by atoms with Crippen LogP contribution in [0.4, 0.5) is 0 Å². The summed E-state index contributed by atoms with van der Waals surface area (Å²) in [6, 6.07) is 6.56. The van der Waals surface area contributed by atoms with Gasteiger partial charge >= 0.3 is 0 Å². The first-order valence-corrected chi connectivity index (χ1v) is 7.48. The van der Waals surface area contributed by atoms with Gasteiger partial charge in [-0.1, -0.05) is 18.2 Å². The summed E-state index contributed by atoms with van der Waals surface area (Å²) in [5.74, 6) is -0.345. The number of fused-ring (bicyclic) bond motifs is 2. The van der Waals surface area contributed by atoms with Gasteiger partial charge in [-0.3, -0.25) is 4.79 Å². The number of benzene rings is 1. The molecule has 0 aliphatic carbocycles. The molecule has 5 nitrogen and oxygen atoms in total. The van der Waals surface area contributed by atoms with E-state index >= 15 is 0 Å². The molecule has 7 heteroatoms. The molecule has 18 heavy (non-hydrogen) atoms. The Labute approximate surface area is 109 Å². The second-order valence-electron chi connectivity index (χ2n) is 4.38. The summed E-state index contributed by atoms with van der Waals surface area (Å²) in [4.78, 5) is 12.3. The predicted molar refractivity (Wildman–Crippen MR) is 68.7 cm³/mol. The third-order valence-electron chi connectivity index (χ3n) is 3.37. The number of carbonyl (C=O) groups is 1. The standard InChI is InChI=1S/C11H10N2O3S2/c14-9-11(13-10(17)12-9)5-6-18(15,16)8-4-2-1-3-7(8)11/h1-4H,5-6H2,(H2,12,13,14,17). The molecule has 3 rings (SSSR count). The van der Waals surface area contributed by atoms with Crippen LogP contribution in [0.3, 0.4) is 0 Å². The molecule has 1 amide bonds. The molecule has 0 radical (unpaired) electrons. The fourth-order valence-corrected chi connectivity index (χ4v) is 4.40. The van der Waals surface area contributed by atoms with E-state index in [4.69, 9.17) is 12.2 Å². The number of hydrogen-bond donors (Lipinski definition) is 2. The molecule has 94 valence electrons. The number of nitrogens with one attached hydrogen (secondary N) is 2. The van der Waals surface area contributed by atoms with E-state index in [2.05, 4.69) is 10.6 Å². The first kappa shape index (κ1) is 11.6. The Bertz CT molecular complexity index is 669. The minimum Gasteiger partial charge on any atom is -0.344 e. The molecule has 1 saturated heterocycles. The summed E-state index contributed by atoms with van der Waals surface area (Å²) in [7, 11) is -3.31. The van der Waals surface area contributed by atoms with Gasteiger partial charge in [0.2, 0.25) is 0 Å². The van der Waals surface area contributed by atoms with E-state index in [1.807, 2.05) is 0 Å². The van der Waals surface area contributed by atoms with Crippen molar-refractivity contribution in [3.8, 4) is 0 Å². The van der Waals surface area contributed by atoms with Crippen molar-refractivity contribution in [2.45, 2.75) is 16.9 Å². The maximum Gasteiger partial charge on any atom is 0.256 e. The Hall–Kier alpha value is -1.47. The third kappa shape index (κ3) is 1.40. The Balaban J connectivity index is 2.28. The maximum absolute atomic E-state index is 12.1. The summed E-state index contributed by atoms with van der Waals surface area (Å²) in [6.07, 6.45) is 0.193. The van der Waals surface area contributed by atoms with Crippen LogP contribution in [0.2, 0.25) is 0 Å². The molecule has 0 saturated carbocycles. The number of rotatable bonds is 0. The Morgan fingerprint density at radius 1 is 1.28 bits per heavy atom. The summed E-state index contributed by atoms with van der Waals surface area (Å²) in [5, 5.41) is 5.70. The lowest BCUT2D eigenvalue weighted by Crippen LogP contribution is -2.48. The van der Waals surface area contributed by atoms with Gasteiger partial charge in [0.15, 0.2) is 14.9 Å². The van der Waals surface area contributed by atoms with Gasteiger partial charge in [-0.15, -0.1) is 0 Å². The second kappa shape index (κ2) is 3.52. The van der Waals surface area contributed by atoms with Crippen molar-refractivity contribution >= 4 is 33.1 Å². The van der Waals surface area contributed by atoms with Gasteiger partial charge in [0.05, 0.1) is 10.6 Å². The molecule has 1 fully saturated rings. The maximum atomic E-state index is 12.1. The molecule has 2 aliphatic rings. The first-order valence-electron chi connectivity index (χ1n) is 5.42. The number of hydrogen-bond acceptors (Lipinski definition) is 4. The molecule has 1 unspecified atom stereocenters. The van der Waals surface area contributed by atoms with E-state index in [0.717, 1.165) is 0 Å². The summed E-state index contributed by atoms with van der Waals surface area (Å²) < 4.78 is 24.0. The van der Waals surface area contributed by atoms with Crippen LogP contribution in [0.5, 0.6) is 0 Å². The minimum absolute atomic E-state index is 0.0625. The fraction of sp³-hybridized carbons (Fsp3) is 0.273. The van der Waals surface area contributed by atoms with Crippen molar-refractivity contribution in [2.75, 3.05) is 5.75 Å². The van der Waals surface area contributed by atoms with Crippen LogP contribution in [-0.2, 0) is 20.2 Å². The zero-order valence-corrected chi connectivity index (χ0v) is 10.9. The van der Waals surface area contributed by atoms with Crippen molar-refractivity contribution in [3.63, 3.8) is 0 Å². The molecular formula is C11H10N2O3S2. The van der Waals surface area contributed by atoms with Crippen LogP contribution < -0.4 is 10.6 Å². The average Bonchev–Trinajstić information content (AvgIpc) is 2.61. The lowest BCUT2D eigenvalue weighted by atomic mass is 9.87. The normalized spacial score (nSPS) is 28.7. The van der Waals surface area contributed by atoms with Gasteiger partial charge in [0.1, 0.15) is 5.54 Å². The molecular weight excluding hydrogens is 272 g/mol. The fourth-order valence-electron chi connectivity index (χ4n) is 2.48. The van der Waals surface area contributed by atoms with Crippen LogP contribution in [0.15, 0.2) is 29.2 Å². The molecule has 1 aromatic carbocycles. The number of thiocarbonyl (C=S) groups is 1. The quantitative estimate of drug-likeness (QED) is 0.658. The van der Waals surface area contributed by atoms with Crippen LogP contribution in [0.25, 0.3) is 0 Å². The van der Waals surface area contributed by atoms with Gasteiger partial charge in [0, 0.05) is 5.56 Å². The SMILES string of the molecule is O=C1NC(=S)NC12CCS(=O)(=O)c1ccccc12. The van der Waals surface area contributed by atoms with Gasteiger partial charge in [-0.25, -0.2) is 8.42 Å². The summed E-state index contributed by atoms with van der Waals surface area (Å²) in [6.45, 7) is 0. The lowest BCUT2D eigenvalue weighted by Gasteiger charge is -2.32. The van der Waals surface area contributed by atoms with Gasteiger partial charge < -0.3 is 10.6 Å². The highest BCUT2D eigenvalue weighted by Crippen LogP contribution is 2.38. The van der Waals surface area contributed by atoms with Crippen LogP contribution in [0, 0.1) is 0 Å². The van der Waals surface area contributed by atoms with Crippen LogP contribution in [0.1, 0.15) is 12.0 Å². The van der Waals surface area contributed by atoms with E-state index in [-0.39, 0.29) is 28.1 Å². The zero-order valence-electron chi connectivity index (χ0n) is 9.26. The highest BCUT2D eigenvalue weighted by molar-refractivity contribution is 7.91. The van der Waals surface area contributed by atoms with E-state index in [0.29, 0.717) is 5.56 Å². The van der Waals surface area contributed by atoms with Crippen LogP contribution >= 0.6 is 12.2 Å². The lowest BCUT2D eigenvalue weighted by molar-refractivity contribution is -0.124. The highest BCUT2D eigenvalue weighted by Gasteiger charge is 2.51. The van der Waals surface area contributed by atoms with Gasteiger partial charge in [0.25, 0.3) is 5.91 Å². The van der Waals surface area contributed by atoms with E-state index in [1.165, 1.54) is 6.07 Å². The van der Waals surface area contributed by atoms with Crippen molar-refractivity contribution in [1.82, 2.24) is 10.6 Å². The smallest absolute Gasteiger partial charge is 0.256 e. The van der Waals surface area contributed by atoms with Crippen molar-refractivity contribution < 1.29 is 13.2 Å². The number of sulfone groups is 1. The summed E-state index contributed by atoms with van der Waals surface area (Å²) in [5.41, 5.74) is -0.549. The van der Waals surface area contributed by atoms with Crippen molar-refractivity contribution in [2.24, 2.45) is 0 Å². The molecule has 2 N–H and O–H groups in total. The molecule has 1 aromatic rings. The van der Waals surface area contributed by atoms with Crippen LogP contribution in [-0.4, -0.2) is 25.2 Å². The molecule has 2 aliphatic heterocycles. The first-order chi connectivity index (χ1) is 8.46. The topological polar surface area (TPSA) is 75.3 Å². The molecule has 1 spiro atoms. The minimum atomic E-state index is -3.31. The predicted octanol–water partition coefficient (Wildman–Crippen LogP) is 0.0636. The largest absolute Gasteiger partial charge is 0.344 e. The monoisotopic (exact) mass is 282 g/mol. The van der Waals surface area contributed by atoms with E-state index in [9.17, 15) is 13.2 Å². The van der Waals surface area contributed by atoms with E-state index < -0.39 is 15.4 Å². The van der Waals surface area contributed by atoms with Crippen molar-refractivity contribution in [3.05, 3.63) is 29.8 Å². The number of amides is 1. The second-order valence-corrected chi connectivity index (χ2v) is 6.86. The van der Waals surface area contributed by atoms with Gasteiger partial charge in [-0.2, -0.15) is 0 Å². The summed E-state index contributed by atoms with van der Waals surface area (Å²) >= 11 is 4.94. The Morgan fingerprint density at radius 3 is 2.67 bits per heavy atom. The van der Waals surface area contributed by atoms with E-state index in [1.54, 1.807) is 18.2 Å². The van der Waals surface area contributed by atoms with Crippen molar-refractivity contribution in [1.29, 1.82) is 0 Å². The molecule has 0 aromatic heterocycles. The molecule has 1 atom stereocenters. The highest BCUT2D eigenvalue weighted by atomic mass is 32.2.